The van der Waals surface area contributed by atoms with E-state index in [4.69, 9.17) is 4.74 Å². The van der Waals surface area contributed by atoms with Gasteiger partial charge in [-0.2, -0.15) is 0 Å². The molecule has 0 fully saturated rings. The van der Waals surface area contributed by atoms with Crippen LogP contribution < -0.4 is 5.56 Å². The second-order valence-corrected chi connectivity index (χ2v) is 3.35. The van der Waals surface area contributed by atoms with E-state index in [1.165, 1.54) is 12.3 Å². The third kappa shape index (κ3) is 2.45. The van der Waals surface area contributed by atoms with Crippen molar-refractivity contribution in [2.24, 2.45) is 0 Å². The second-order valence-electron chi connectivity index (χ2n) is 3.35. The molecule has 1 aromatic rings. The van der Waals surface area contributed by atoms with Gasteiger partial charge < -0.3 is 9.72 Å². The van der Waals surface area contributed by atoms with Gasteiger partial charge in [-0.05, 0) is 26.8 Å². The van der Waals surface area contributed by atoms with Crippen LogP contribution in [0.4, 0.5) is 0 Å². The van der Waals surface area contributed by atoms with Crippen LogP contribution in [0.3, 0.4) is 0 Å². The zero-order valence-corrected chi connectivity index (χ0v) is 8.46. The number of ether oxygens (including phenoxy) is 1. The van der Waals surface area contributed by atoms with E-state index in [2.05, 4.69) is 4.98 Å². The molecule has 1 rings (SSSR count). The van der Waals surface area contributed by atoms with Gasteiger partial charge in [0, 0.05) is 11.8 Å². The molecule has 76 valence electrons. The van der Waals surface area contributed by atoms with Crippen molar-refractivity contribution < 1.29 is 9.53 Å². The number of aromatic amines is 1. The van der Waals surface area contributed by atoms with E-state index in [0.717, 1.165) is 0 Å². The van der Waals surface area contributed by atoms with E-state index in [0.29, 0.717) is 11.1 Å². The van der Waals surface area contributed by atoms with Crippen LogP contribution in [-0.4, -0.2) is 17.1 Å². The number of nitrogens with one attached hydrogen (secondary N) is 1. The van der Waals surface area contributed by atoms with E-state index in [-0.39, 0.29) is 11.7 Å². The van der Waals surface area contributed by atoms with Crippen molar-refractivity contribution in [1.29, 1.82) is 0 Å². The lowest BCUT2D eigenvalue weighted by molar-refractivity contribution is 0.0377. The molecule has 1 heterocycles. The number of hydrogen-bond acceptors (Lipinski definition) is 3. The quantitative estimate of drug-likeness (QED) is 0.722. The van der Waals surface area contributed by atoms with Crippen LogP contribution in [0, 0.1) is 6.92 Å². The highest BCUT2D eigenvalue weighted by Gasteiger charge is 2.09. The standard InChI is InChI=1S/C10H13NO3/c1-6(2)14-10(13)8-4-7(3)9(12)11-5-8/h4-6H,1-3H3,(H,11,12). The highest BCUT2D eigenvalue weighted by molar-refractivity contribution is 5.89. The van der Waals surface area contributed by atoms with E-state index in [1.54, 1.807) is 20.8 Å². The zero-order chi connectivity index (χ0) is 10.7. The number of carbonyl (C=O) groups excluding carboxylic acids is 1. The first kappa shape index (κ1) is 10.5. The van der Waals surface area contributed by atoms with Crippen molar-refractivity contribution >= 4 is 5.97 Å². The predicted molar refractivity (Wildman–Crippen MR) is 52.4 cm³/mol. The van der Waals surface area contributed by atoms with Gasteiger partial charge in [0.05, 0.1) is 11.7 Å². The summed E-state index contributed by atoms with van der Waals surface area (Å²) in [7, 11) is 0. The summed E-state index contributed by atoms with van der Waals surface area (Å²) in [5.74, 6) is -0.417. The largest absolute Gasteiger partial charge is 0.459 e. The highest BCUT2D eigenvalue weighted by atomic mass is 16.5. The summed E-state index contributed by atoms with van der Waals surface area (Å²) in [6.45, 7) is 5.19. The number of aryl methyl sites for hydroxylation is 1. The van der Waals surface area contributed by atoms with Crippen molar-refractivity contribution in [3.8, 4) is 0 Å². The number of hydrogen-bond donors (Lipinski definition) is 1. The van der Waals surface area contributed by atoms with Gasteiger partial charge >= 0.3 is 5.97 Å². The minimum Gasteiger partial charge on any atom is -0.459 e. The van der Waals surface area contributed by atoms with Gasteiger partial charge in [-0.25, -0.2) is 4.79 Å². The predicted octanol–water partition coefficient (Wildman–Crippen LogP) is 1.25. The number of pyridine rings is 1. The number of carbonyl (C=O) groups is 1. The molecule has 1 N–H and O–H groups in total. The molecule has 0 aromatic carbocycles. The molecule has 0 bridgehead atoms. The van der Waals surface area contributed by atoms with E-state index < -0.39 is 5.97 Å². The third-order valence-electron chi connectivity index (χ3n) is 1.67. The Balaban J connectivity index is 2.92. The molecule has 0 radical (unpaired) electrons. The van der Waals surface area contributed by atoms with Crippen molar-refractivity contribution in [3.63, 3.8) is 0 Å². The lowest BCUT2D eigenvalue weighted by atomic mass is 10.2. The van der Waals surface area contributed by atoms with Gasteiger partial charge in [0.2, 0.25) is 0 Å². The van der Waals surface area contributed by atoms with Gasteiger partial charge in [-0.15, -0.1) is 0 Å². The van der Waals surface area contributed by atoms with Gasteiger partial charge in [0.1, 0.15) is 0 Å². The summed E-state index contributed by atoms with van der Waals surface area (Å²) >= 11 is 0. The van der Waals surface area contributed by atoms with Crippen LogP contribution in [0.1, 0.15) is 29.8 Å². The van der Waals surface area contributed by atoms with Gasteiger partial charge in [0.25, 0.3) is 5.56 Å². The Labute approximate surface area is 81.9 Å². The van der Waals surface area contributed by atoms with Gasteiger partial charge in [-0.1, -0.05) is 0 Å². The van der Waals surface area contributed by atoms with Crippen molar-refractivity contribution in [1.82, 2.24) is 4.98 Å². The fourth-order valence-corrected chi connectivity index (χ4v) is 0.998. The van der Waals surface area contributed by atoms with Crippen LogP contribution in [-0.2, 0) is 4.74 Å². The normalized spacial score (nSPS) is 10.3. The molecule has 0 saturated heterocycles. The molecule has 4 nitrogen and oxygen atoms in total. The lowest BCUT2D eigenvalue weighted by Crippen LogP contribution is -2.15. The Bertz CT molecular complexity index is 393. The minimum absolute atomic E-state index is 0.158. The smallest absolute Gasteiger partial charge is 0.339 e. The number of esters is 1. The number of H-pyrrole nitrogens is 1. The summed E-state index contributed by atoms with van der Waals surface area (Å²) in [6, 6.07) is 1.52. The average Bonchev–Trinajstić information content (AvgIpc) is 2.08. The minimum atomic E-state index is -0.417. The van der Waals surface area contributed by atoms with Crippen LogP contribution in [0.15, 0.2) is 17.1 Å². The SMILES string of the molecule is Cc1cc(C(=O)OC(C)C)c[nH]c1=O. The first-order valence-corrected chi connectivity index (χ1v) is 4.41. The van der Waals surface area contributed by atoms with Crippen LogP contribution in [0.2, 0.25) is 0 Å². The molecular weight excluding hydrogens is 182 g/mol. The molecule has 0 spiro atoms. The zero-order valence-electron chi connectivity index (χ0n) is 8.46. The molecule has 0 atom stereocenters. The van der Waals surface area contributed by atoms with Crippen molar-refractivity contribution in [2.75, 3.05) is 0 Å². The first-order chi connectivity index (χ1) is 6.50. The van der Waals surface area contributed by atoms with Gasteiger partial charge in [-0.3, -0.25) is 4.79 Å². The molecule has 14 heavy (non-hydrogen) atoms. The van der Waals surface area contributed by atoms with Crippen molar-refractivity contribution in [2.45, 2.75) is 26.9 Å². The average molecular weight is 195 g/mol. The van der Waals surface area contributed by atoms with Crippen LogP contribution in [0.25, 0.3) is 0 Å². The van der Waals surface area contributed by atoms with Gasteiger partial charge in [0.15, 0.2) is 0 Å². The molecule has 4 heteroatoms. The van der Waals surface area contributed by atoms with E-state index in [1.807, 2.05) is 0 Å². The third-order valence-corrected chi connectivity index (χ3v) is 1.67. The van der Waals surface area contributed by atoms with Crippen LogP contribution >= 0.6 is 0 Å². The lowest BCUT2D eigenvalue weighted by Gasteiger charge is -2.07. The Morgan fingerprint density at radius 2 is 2.14 bits per heavy atom. The second kappa shape index (κ2) is 4.09. The molecule has 0 aliphatic rings. The van der Waals surface area contributed by atoms with E-state index in [9.17, 15) is 9.59 Å². The molecule has 0 aliphatic heterocycles. The summed E-state index contributed by atoms with van der Waals surface area (Å²) < 4.78 is 4.97. The van der Waals surface area contributed by atoms with Crippen LogP contribution in [0.5, 0.6) is 0 Å². The molecule has 0 unspecified atom stereocenters. The fourth-order valence-electron chi connectivity index (χ4n) is 0.998. The maximum absolute atomic E-state index is 11.4. The molecule has 0 saturated carbocycles. The number of aromatic nitrogens is 1. The topological polar surface area (TPSA) is 59.2 Å². The Morgan fingerprint density at radius 3 is 2.64 bits per heavy atom. The van der Waals surface area contributed by atoms with E-state index >= 15 is 0 Å². The molecule has 0 amide bonds. The Hall–Kier alpha value is -1.58. The summed E-state index contributed by atoms with van der Waals surface area (Å²) in [5.41, 5.74) is 0.685. The summed E-state index contributed by atoms with van der Waals surface area (Å²) in [4.78, 5) is 24.8. The molecule has 1 aromatic heterocycles. The Morgan fingerprint density at radius 1 is 1.50 bits per heavy atom. The molecule has 0 aliphatic carbocycles. The summed E-state index contributed by atoms with van der Waals surface area (Å²) in [5, 5.41) is 0. The molecular formula is C10H13NO3. The maximum Gasteiger partial charge on any atom is 0.339 e. The highest BCUT2D eigenvalue weighted by Crippen LogP contribution is 2.02. The summed E-state index contributed by atoms with van der Waals surface area (Å²) in [6.07, 6.45) is 1.20. The maximum atomic E-state index is 11.4. The Kier molecular flexibility index (Phi) is 3.06. The monoisotopic (exact) mass is 195 g/mol. The number of rotatable bonds is 2. The first-order valence-electron chi connectivity index (χ1n) is 4.41. The van der Waals surface area contributed by atoms with Crippen molar-refractivity contribution in [3.05, 3.63) is 33.7 Å². The fraction of sp³-hybridized carbons (Fsp3) is 0.400.